The van der Waals surface area contributed by atoms with E-state index in [2.05, 4.69) is 24.4 Å². The second-order valence-corrected chi connectivity index (χ2v) is 5.30. The highest BCUT2D eigenvalue weighted by Gasteiger charge is 2.36. The van der Waals surface area contributed by atoms with E-state index in [1.165, 1.54) is 18.4 Å². The first kappa shape index (κ1) is 11.7. The van der Waals surface area contributed by atoms with Crippen molar-refractivity contribution in [2.45, 2.75) is 44.7 Å². The van der Waals surface area contributed by atoms with E-state index in [1.54, 1.807) is 0 Å². The van der Waals surface area contributed by atoms with Crippen molar-refractivity contribution < 1.29 is 4.79 Å². The van der Waals surface area contributed by atoms with E-state index < -0.39 is 0 Å². The normalized spacial score (nSPS) is 23.7. The summed E-state index contributed by atoms with van der Waals surface area (Å²) in [6.07, 6.45) is 4.41. The molecule has 1 aromatic carbocycles. The molecule has 18 heavy (non-hydrogen) atoms. The molecule has 1 unspecified atom stereocenters. The van der Waals surface area contributed by atoms with Crippen LogP contribution in [0.4, 0.5) is 5.69 Å². The minimum Gasteiger partial charge on any atom is -0.311 e. The van der Waals surface area contributed by atoms with Crippen molar-refractivity contribution in [1.82, 2.24) is 5.32 Å². The number of hydrogen-bond donors (Lipinski definition) is 1. The lowest BCUT2D eigenvalue weighted by molar-refractivity contribution is -0.118. The number of carbonyl (C=O) groups excluding carboxylic acids is 1. The number of nitrogens with one attached hydrogen (secondary N) is 1. The summed E-state index contributed by atoms with van der Waals surface area (Å²) in [7, 11) is 0. The van der Waals surface area contributed by atoms with Gasteiger partial charge in [-0.2, -0.15) is 0 Å². The van der Waals surface area contributed by atoms with Gasteiger partial charge in [-0.3, -0.25) is 4.79 Å². The van der Waals surface area contributed by atoms with Crippen LogP contribution in [-0.2, 0) is 11.2 Å². The first-order chi connectivity index (χ1) is 8.78. The molecule has 3 nitrogen and oxygen atoms in total. The molecule has 1 aromatic rings. The smallest absolute Gasteiger partial charge is 0.244 e. The van der Waals surface area contributed by atoms with Crippen molar-refractivity contribution in [3.05, 3.63) is 29.8 Å². The Labute approximate surface area is 108 Å². The van der Waals surface area contributed by atoms with Crippen LogP contribution < -0.4 is 10.2 Å². The molecule has 1 atom stereocenters. The van der Waals surface area contributed by atoms with Crippen LogP contribution in [0.3, 0.4) is 0 Å². The summed E-state index contributed by atoms with van der Waals surface area (Å²) in [5.74, 6) is 0.246. The fraction of sp³-hybridized carbons (Fsp3) is 0.533. The zero-order valence-corrected chi connectivity index (χ0v) is 10.9. The van der Waals surface area contributed by atoms with Gasteiger partial charge in [-0.05, 0) is 43.4 Å². The summed E-state index contributed by atoms with van der Waals surface area (Å²) >= 11 is 0. The molecule has 1 saturated heterocycles. The summed E-state index contributed by atoms with van der Waals surface area (Å²) in [5, 5.41) is 3.44. The lowest BCUT2D eigenvalue weighted by Crippen LogP contribution is -2.39. The second kappa shape index (κ2) is 4.73. The lowest BCUT2D eigenvalue weighted by atomic mass is 10.1. The molecule has 1 heterocycles. The number of aryl methyl sites for hydroxylation is 1. The van der Waals surface area contributed by atoms with Gasteiger partial charge in [0.25, 0.3) is 0 Å². The van der Waals surface area contributed by atoms with Crippen LogP contribution in [0.15, 0.2) is 24.3 Å². The van der Waals surface area contributed by atoms with Crippen molar-refractivity contribution in [1.29, 1.82) is 0 Å². The molecule has 1 aliphatic carbocycles. The van der Waals surface area contributed by atoms with Gasteiger partial charge in [-0.25, -0.2) is 0 Å². The number of rotatable bonds is 4. The van der Waals surface area contributed by atoms with Crippen LogP contribution in [0, 0.1) is 0 Å². The van der Waals surface area contributed by atoms with Crippen molar-refractivity contribution in [3.63, 3.8) is 0 Å². The minimum atomic E-state index is 0.0442. The molecule has 0 radical (unpaired) electrons. The molecular formula is C15H20N2O. The number of hydrogen-bond acceptors (Lipinski definition) is 2. The largest absolute Gasteiger partial charge is 0.311 e. The predicted molar refractivity (Wildman–Crippen MR) is 72.7 cm³/mol. The number of carbonyl (C=O) groups is 1. The molecule has 1 saturated carbocycles. The summed E-state index contributed by atoms with van der Waals surface area (Å²) in [6, 6.07) is 8.98. The third-order valence-corrected chi connectivity index (χ3v) is 3.85. The first-order valence-corrected chi connectivity index (χ1v) is 6.94. The Hall–Kier alpha value is -1.35. The van der Waals surface area contributed by atoms with Crippen molar-refractivity contribution in [3.8, 4) is 0 Å². The Morgan fingerprint density at radius 1 is 1.33 bits per heavy atom. The Kier molecular flexibility index (Phi) is 3.08. The van der Waals surface area contributed by atoms with Gasteiger partial charge in [0.15, 0.2) is 0 Å². The zero-order valence-electron chi connectivity index (χ0n) is 10.9. The fourth-order valence-electron chi connectivity index (χ4n) is 2.57. The maximum atomic E-state index is 12.3. The number of benzene rings is 1. The van der Waals surface area contributed by atoms with Gasteiger partial charge >= 0.3 is 0 Å². The number of nitrogens with zero attached hydrogens (tertiary/aromatic N) is 1. The Balaban J connectivity index is 1.73. The average molecular weight is 244 g/mol. The Morgan fingerprint density at radius 3 is 2.89 bits per heavy atom. The number of anilines is 1. The summed E-state index contributed by atoms with van der Waals surface area (Å²) in [5.41, 5.74) is 2.35. The van der Waals surface area contributed by atoms with Gasteiger partial charge < -0.3 is 10.2 Å². The molecule has 0 bridgehead atoms. The first-order valence-electron chi connectivity index (χ1n) is 6.94. The maximum Gasteiger partial charge on any atom is 0.244 e. The SMILES string of the molecule is CCc1cccc(N2CCC(NC3CC3)C2=O)c1. The lowest BCUT2D eigenvalue weighted by Gasteiger charge is -2.18. The van der Waals surface area contributed by atoms with E-state index in [0.717, 1.165) is 25.1 Å². The summed E-state index contributed by atoms with van der Waals surface area (Å²) in [6.45, 7) is 2.98. The van der Waals surface area contributed by atoms with Crippen LogP contribution >= 0.6 is 0 Å². The summed E-state index contributed by atoms with van der Waals surface area (Å²) < 4.78 is 0. The van der Waals surface area contributed by atoms with Crippen LogP contribution in [0.25, 0.3) is 0 Å². The molecule has 2 fully saturated rings. The van der Waals surface area contributed by atoms with E-state index in [4.69, 9.17) is 0 Å². The number of amides is 1. The van der Waals surface area contributed by atoms with Gasteiger partial charge in [-0.1, -0.05) is 19.1 Å². The van der Waals surface area contributed by atoms with E-state index >= 15 is 0 Å². The molecule has 1 aliphatic heterocycles. The topological polar surface area (TPSA) is 32.3 Å². The van der Waals surface area contributed by atoms with Gasteiger partial charge in [0.1, 0.15) is 0 Å². The Bertz CT molecular complexity index is 454. The maximum absolute atomic E-state index is 12.3. The molecule has 96 valence electrons. The molecule has 1 N–H and O–H groups in total. The van der Waals surface area contributed by atoms with Crippen molar-refractivity contribution in [2.24, 2.45) is 0 Å². The van der Waals surface area contributed by atoms with Crippen LogP contribution in [0.2, 0.25) is 0 Å². The highest BCUT2D eigenvalue weighted by molar-refractivity contribution is 5.99. The van der Waals surface area contributed by atoms with Gasteiger partial charge in [0.2, 0.25) is 5.91 Å². The second-order valence-electron chi connectivity index (χ2n) is 5.30. The van der Waals surface area contributed by atoms with E-state index in [1.807, 2.05) is 17.0 Å². The van der Waals surface area contributed by atoms with Crippen LogP contribution in [0.1, 0.15) is 31.7 Å². The van der Waals surface area contributed by atoms with Gasteiger partial charge in [0.05, 0.1) is 6.04 Å². The molecule has 3 rings (SSSR count). The monoisotopic (exact) mass is 244 g/mol. The van der Waals surface area contributed by atoms with E-state index in [0.29, 0.717) is 6.04 Å². The van der Waals surface area contributed by atoms with Crippen LogP contribution in [-0.4, -0.2) is 24.5 Å². The Morgan fingerprint density at radius 2 is 2.17 bits per heavy atom. The van der Waals surface area contributed by atoms with Gasteiger partial charge in [0, 0.05) is 18.3 Å². The molecule has 1 amide bonds. The molecule has 3 heteroatoms. The highest BCUT2D eigenvalue weighted by Crippen LogP contribution is 2.26. The van der Waals surface area contributed by atoms with E-state index in [-0.39, 0.29) is 11.9 Å². The standard InChI is InChI=1S/C15H20N2O/c1-2-11-4-3-5-13(10-11)17-9-8-14(15(17)18)16-12-6-7-12/h3-5,10,12,14,16H,2,6-9H2,1H3. The quantitative estimate of drug-likeness (QED) is 0.879. The minimum absolute atomic E-state index is 0.0442. The third kappa shape index (κ3) is 2.27. The van der Waals surface area contributed by atoms with Crippen molar-refractivity contribution in [2.75, 3.05) is 11.4 Å². The average Bonchev–Trinajstić information content (AvgIpc) is 3.14. The zero-order chi connectivity index (χ0) is 12.5. The molecule has 2 aliphatic rings. The highest BCUT2D eigenvalue weighted by atomic mass is 16.2. The molecule has 0 aromatic heterocycles. The predicted octanol–water partition coefficient (Wildman–Crippen LogP) is 2.11. The van der Waals surface area contributed by atoms with E-state index in [9.17, 15) is 4.79 Å². The molecular weight excluding hydrogens is 224 g/mol. The molecule has 0 spiro atoms. The summed E-state index contributed by atoms with van der Waals surface area (Å²) in [4.78, 5) is 14.3. The van der Waals surface area contributed by atoms with Gasteiger partial charge in [-0.15, -0.1) is 0 Å². The van der Waals surface area contributed by atoms with Crippen molar-refractivity contribution >= 4 is 11.6 Å². The fourth-order valence-corrected chi connectivity index (χ4v) is 2.57. The third-order valence-electron chi connectivity index (χ3n) is 3.85. The van der Waals surface area contributed by atoms with Crippen LogP contribution in [0.5, 0.6) is 0 Å².